The Hall–Kier alpha value is -2.48. The molecule has 3 rings (SSSR count). The number of rotatable bonds is 4. The van der Waals surface area contributed by atoms with Crippen molar-refractivity contribution in [2.24, 2.45) is 0 Å². The molecule has 0 saturated carbocycles. The summed E-state index contributed by atoms with van der Waals surface area (Å²) in [5.74, 6) is 0.474. The van der Waals surface area contributed by atoms with Gasteiger partial charge in [0.1, 0.15) is 24.8 Å². The average molecular weight is 339 g/mol. The molecule has 23 heavy (non-hydrogen) atoms. The van der Waals surface area contributed by atoms with Crippen LogP contribution in [0.1, 0.15) is 0 Å². The number of sulfonamides is 1. The van der Waals surface area contributed by atoms with Crippen molar-refractivity contribution in [1.82, 2.24) is 0 Å². The molecule has 1 heterocycles. The molecule has 1 aliphatic heterocycles. The summed E-state index contributed by atoms with van der Waals surface area (Å²) < 4.78 is 56.4. The quantitative estimate of drug-likeness (QED) is 0.926. The number of hydrogen-bond acceptors (Lipinski definition) is 5. The van der Waals surface area contributed by atoms with Gasteiger partial charge in [0.25, 0.3) is 10.0 Å². The maximum Gasteiger partial charge on any atom is 0.262 e. The van der Waals surface area contributed by atoms with Crippen LogP contribution in [0, 0.1) is 5.82 Å². The lowest BCUT2D eigenvalue weighted by molar-refractivity contribution is 0.171. The Morgan fingerprint density at radius 3 is 2.57 bits per heavy atom. The fourth-order valence-electron chi connectivity index (χ4n) is 2.15. The molecule has 0 saturated heterocycles. The molecule has 0 unspecified atom stereocenters. The standard InChI is InChI=1S/C15H14FNO5S/c1-20-13-4-2-10(16)8-12(13)17-23(18,19)11-3-5-14-15(9-11)22-7-6-21-14/h2-5,8-9,17H,6-7H2,1H3. The van der Waals surface area contributed by atoms with Crippen molar-refractivity contribution in [2.45, 2.75) is 4.90 Å². The molecule has 0 radical (unpaired) electrons. The minimum Gasteiger partial charge on any atom is -0.495 e. The van der Waals surface area contributed by atoms with E-state index in [1.807, 2.05) is 0 Å². The smallest absolute Gasteiger partial charge is 0.262 e. The topological polar surface area (TPSA) is 73.9 Å². The van der Waals surface area contributed by atoms with E-state index < -0.39 is 15.8 Å². The number of methoxy groups -OCH3 is 1. The number of anilines is 1. The molecular formula is C15H14FNO5S. The molecule has 122 valence electrons. The monoisotopic (exact) mass is 339 g/mol. The zero-order valence-corrected chi connectivity index (χ0v) is 13.0. The number of nitrogens with one attached hydrogen (secondary N) is 1. The second-order valence-electron chi connectivity index (χ2n) is 4.76. The molecule has 2 aromatic rings. The van der Waals surface area contributed by atoms with Crippen LogP contribution in [0.4, 0.5) is 10.1 Å². The van der Waals surface area contributed by atoms with Crippen LogP contribution in [0.5, 0.6) is 17.2 Å². The Morgan fingerprint density at radius 2 is 1.83 bits per heavy atom. The molecule has 0 aliphatic carbocycles. The van der Waals surface area contributed by atoms with Gasteiger partial charge in [0, 0.05) is 12.1 Å². The lowest BCUT2D eigenvalue weighted by Crippen LogP contribution is -2.17. The molecule has 0 atom stereocenters. The van der Waals surface area contributed by atoms with Gasteiger partial charge >= 0.3 is 0 Å². The van der Waals surface area contributed by atoms with Crippen molar-refractivity contribution in [3.63, 3.8) is 0 Å². The van der Waals surface area contributed by atoms with E-state index in [1.165, 1.54) is 37.4 Å². The van der Waals surface area contributed by atoms with E-state index in [-0.39, 0.29) is 16.3 Å². The highest BCUT2D eigenvalue weighted by atomic mass is 32.2. The molecule has 1 aliphatic rings. The van der Waals surface area contributed by atoms with Crippen molar-refractivity contribution in [3.05, 3.63) is 42.2 Å². The van der Waals surface area contributed by atoms with Crippen molar-refractivity contribution < 1.29 is 27.0 Å². The fourth-order valence-corrected chi connectivity index (χ4v) is 3.23. The van der Waals surface area contributed by atoms with Crippen LogP contribution in [-0.4, -0.2) is 28.7 Å². The third-order valence-electron chi connectivity index (χ3n) is 3.23. The minimum atomic E-state index is -3.93. The molecule has 2 aromatic carbocycles. The molecule has 1 N–H and O–H groups in total. The fraction of sp³-hybridized carbons (Fsp3) is 0.200. The van der Waals surface area contributed by atoms with Gasteiger partial charge in [-0.15, -0.1) is 0 Å². The number of hydrogen-bond donors (Lipinski definition) is 1. The van der Waals surface area contributed by atoms with Crippen LogP contribution in [-0.2, 0) is 10.0 Å². The maximum atomic E-state index is 13.4. The summed E-state index contributed by atoms with van der Waals surface area (Å²) in [6, 6.07) is 7.85. The van der Waals surface area contributed by atoms with E-state index in [9.17, 15) is 12.8 Å². The minimum absolute atomic E-state index is 0.0161. The van der Waals surface area contributed by atoms with Gasteiger partial charge in [0.2, 0.25) is 0 Å². The largest absolute Gasteiger partial charge is 0.495 e. The van der Waals surface area contributed by atoms with Crippen LogP contribution in [0.2, 0.25) is 0 Å². The van der Waals surface area contributed by atoms with E-state index in [0.29, 0.717) is 24.7 Å². The van der Waals surface area contributed by atoms with Crippen molar-refractivity contribution in [2.75, 3.05) is 25.0 Å². The first kappa shape index (κ1) is 15.4. The van der Waals surface area contributed by atoms with E-state index in [2.05, 4.69) is 4.72 Å². The molecule has 0 fully saturated rings. The summed E-state index contributed by atoms with van der Waals surface area (Å²) in [6.45, 7) is 0.763. The van der Waals surface area contributed by atoms with Crippen molar-refractivity contribution >= 4 is 15.7 Å². The van der Waals surface area contributed by atoms with E-state index in [0.717, 1.165) is 6.07 Å². The van der Waals surface area contributed by atoms with Gasteiger partial charge in [-0.1, -0.05) is 0 Å². The first-order valence-electron chi connectivity index (χ1n) is 6.75. The zero-order chi connectivity index (χ0) is 16.4. The zero-order valence-electron chi connectivity index (χ0n) is 12.2. The molecule has 0 spiro atoms. The predicted molar refractivity (Wildman–Crippen MR) is 81.2 cm³/mol. The third-order valence-corrected chi connectivity index (χ3v) is 4.59. The number of benzene rings is 2. The lowest BCUT2D eigenvalue weighted by atomic mass is 10.3. The highest BCUT2D eigenvalue weighted by Crippen LogP contribution is 2.33. The summed E-state index contributed by atoms with van der Waals surface area (Å²) in [7, 11) is -2.56. The van der Waals surface area contributed by atoms with Crippen LogP contribution in [0.15, 0.2) is 41.3 Å². The van der Waals surface area contributed by atoms with Crippen LogP contribution in [0.3, 0.4) is 0 Å². The van der Waals surface area contributed by atoms with Gasteiger partial charge in [0.05, 0.1) is 17.7 Å². The van der Waals surface area contributed by atoms with Crippen LogP contribution >= 0.6 is 0 Å². The second-order valence-corrected chi connectivity index (χ2v) is 6.44. The van der Waals surface area contributed by atoms with Crippen LogP contribution < -0.4 is 18.9 Å². The van der Waals surface area contributed by atoms with E-state index in [4.69, 9.17) is 14.2 Å². The summed E-state index contributed by atoms with van der Waals surface area (Å²) >= 11 is 0. The lowest BCUT2D eigenvalue weighted by Gasteiger charge is -2.19. The Morgan fingerprint density at radius 1 is 1.09 bits per heavy atom. The van der Waals surface area contributed by atoms with E-state index >= 15 is 0 Å². The first-order chi connectivity index (χ1) is 11.0. The van der Waals surface area contributed by atoms with Gasteiger partial charge in [0.15, 0.2) is 11.5 Å². The normalized spacial score (nSPS) is 13.5. The Bertz CT molecular complexity index is 838. The Kier molecular flexibility index (Phi) is 3.99. The number of fused-ring (bicyclic) bond motifs is 1. The summed E-state index contributed by atoms with van der Waals surface area (Å²) in [5.41, 5.74) is 0.0161. The van der Waals surface area contributed by atoms with Gasteiger partial charge in [-0.2, -0.15) is 0 Å². The second kappa shape index (κ2) is 5.96. The third kappa shape index (κ3) is 3.16. The van der Waals surface area contributed by atoms with Gasteiger partial charge < -0.3 is 14.2 Å². The summed E-state index contributed by atoms with van der Waals surface area (Å²) in [4.78, 5) is -0.0203. The Balaban J connectivity index is 1.95. The highest BCUT2D eigenvalue weighted by molar-refractivity contribution is 7.92. The molecule has 0 bridgehead atoms. The molecule has 6 nitrogen and oxygen atoms in total. The predicted octanol–water partition coefficient (Wildman–Crippen LogP) is 2.41. The number of ether oxygens (including phenoxy) is 3. The summed E-state index contributed by atoms with van der Waals surface area (Å²) in [5, 5.41) is 0. The average Bonchev–Trinajstić information content (AvgIpc) is 2.54. The molecule has 0 amide bonds. The van der Waals surface area contributed by atoms with Crippen LogP contribution in [0.25, 0.3) is 0 Å². The first-order valence-corrected chi connectivity index (χ1v) is 8.24. The van der Waals surface area contributed by atoms with Crippen molar-refractivity contribution in [3.8, 4) is 17.2 Å². The van der Waals surface area contributed by atoms with Gasteiger partial charge in [-0.25, -0.2) is 12.8 Å². The molecule has 8 heteroatoms. The Labute approximate surface area is 132 Å². The van der Waals surface area contributed by atoms with E-state index in [1.54, 1.807) is 0 Å². The summed E-state index contributed by atoms with van der Waals surface area (Å²) in [6.07, 6.45) is 0. The van der Waals surface area contributed by atoms with Crippen molar-refractivity contribution in [1.29, 1.82) is 0 Å². The molecule has 0 aromatic heterocycles. The maximum absolute atomic E-state index is 13.4. The van der Waals surface area contributed by atoms with Gasteiger partial charge in [-0.3, -0.25) is 4.72 Å². The van der Waals surface area contributed by atoms with Gasteiger partial charge in [-0.05, 0) is 24.3 Å². The number of halogens is 1. The molecular weight excluding hydrogens is 325 g/mol. The highest BCUT2D eigenvalue weighted by Gasteiger charge is 2.21. The SMILES string of the molecule is COc1ccc(F)cc1NS(=O)(=O)c1ccc2c(c1)OCCO2.